The van der Waals surface area contributed by atoms with Crippen molar-refractivity contribution in [2.24, 2.45) is 0 Å². The third-order valence-corrected chi connectivity index (χ3v) is 19.1. The second kappa shape index (κ2) is 22.8. The Kier molecular flexibility index (Phi) is 14.8. The number of unbranched alkanes of at least 4 members (excludes halogenated alkanes) is 10. The van der Waals surface area contributed by atoms with Crippen molar-refractivity contribution < 1.29 is 0 Å². The maximum Gasteiger partial charge on any atom is 0.0540 e. The third kappa shape index (κ3) is 9.77. The van der Waals surface area contributed by atoms with Crippen LogP contribution < -0.4 is 9.80 Å². The number of fused-ring (bicyclic) bond motifs is 13. The number of para-hydroxylation sites is 4. The topological polar surface area (TPSA) is 6.48 Å². The molecule has 2 fully saturated rings. The molecule has 13 rings (SSSR count). The summed E-state index contributed by atoms with van der Waals surface area (Å²) >= 11 is 0. The van der Waals surface area contributed by atoms with Crippen LogP contribution in [0.2, 0.25) is 0 Å². The average Bonchev–Trinajstić information content (AvgIpc) is 4.40. The van der Waals surface area contributed by atoms with Crippen molar-refractivity contribution in [3.05, 3.63) is 215 Å². The Hall–Kier alpha value is -6.90. The van der Waals surface area contributed by atoms with Crippen molar-refractivity contribution in [1.82, 2.24) is 0 Å². The molecular weight excluding hydrogens is 941 g/mol. The van der Waals surface area contributed by atoms with Crippen LogP contribution in [0.5, 0.6) is 0 Å². The largest absolute Gasteiger partial charge is 0.310 e. The molecule has 4 aliphatic rings. The van der Waals surface area contributed by atoms with E-state index in [1.54, 1.807) is 33.4 Å². The van der Waals surface area contributed by atoms with Crippen molar-refractivity contribution in [1.29, 1.82) is 0 Å². The minimum absolute atomic E-state index is 0.714. The number of nitrogens with zero attached hydrogens (tertiary/aromatic N) is 2. The van der Waals surface area contributed by atoms with E-state index in [2.05, 4.69) is 206 Å². The summed E-state index contributed by atoms with van der Waals surface area (Å²) in [6.07, 6.45) is 25.6. The highest BCUT2D eigenvalue weighted by molar-refractivity contribution is 6.13. The zero-order chi connectivity index (χ0) is 52.4. The Morgan fingerprint density at radius 2 is 0.705 bits per heavy atom. The van der Waals surface area contributed by atoms with Gasteiger partial charge in [-0.15, -0.1) is 0 Å². The van der Waals surface area contributed by atoms with Crippen LogP contribution in [0.15, 0.2) is 182 Å². The first-order chi connectivity index (χ1) is 38.6. The molecule has 2 nitrogen and oxygen atoms in total. The smallest absolute Gasteiger partial charge is 0.0540 e. The molecular formula is C76H80N2. The summed E-state index contributed by atoms with van der Waals surface area (Å²) in [7, 11) is 0. The van der Waals surface area contributed by atoms with Gasteiger partial charge in [-0.25, -0.2) is 0 Å². The molecule has 4 aliphatic carbocycles. The summed E-state index contributed by atoms with van der Waals surface area (Å²) in [6, 6.07) is 70.7. The minimum atomic E-state index is 0.714. The van der Waals surface area contributed by atoms with E-state index in [0.29, 0.717) is 11.8 Å². The summed E-state index contributed by atoms with van der Waals surface area (Å²) in [5.74, 6) is 2.93. The fourth-order valence-electron chi connectivity index (χ4n) is 15.2. The monoisotopic (exact) mass is 1020 g/mol. The normalized spacial score (nSPS) is 17.8. The number of rotatable bonds is 22. The number of anilines is 6. The van der Waals surface area contributed by atoms with E-state index >= 15 is 0 Å². The summed E-state index contributed by atoms with van der Waals surface area (Å²) in [5.41, 5.74) is 22.1. The standard InChI is InChI=1S/C76H80N2/c1-3-5-7-9-11-19-31-67-68(32-20-12-10-8-6-4-2)74-52-62(78(60-27-17-14-18-28-60)76-34-24-22-30-66(76)58-40-44-64-54-36-38-56(48-54)72(64)50-58)42-46-70(74)69-45-41-61(51-73(67)69)77(59-25-15-13-16-26-59)75-33-23-21-29-65(75)57-39-43-63-53-35-37-55(47-53)71(63)49-57/h13-18,21-30,33-34,39-46,49-56H,3-12,19-20,31-32,35-38,47-48H2,1-2H3. The average molecular weight is 1020 g/mol. The molecule has 4 bridgehead atoms. The van der Waals surface area contributed by atoms with E-state index < -0.39 is 0 Å². The van der Waals surface area contributed by atoms with Gasteiger partial charge >= 0.3 is 0 Å². The molecule has 9 aromatic rings. The van der Waals surface area contributed by atoms with Gasteiger partial charge in [0.2, 0.25) is 0 Å². The van der Waals surface area contributed by atoms with Crippen LogP contribution >= 0.6 is 0 Å². The van der Waals surface area contributed by atoms with Gasteiger partial charge in [0.25, 0.3) is 0 Å². The van der Waals surface area contributed by atoms with E-state index in [9.17, 15) is 0 Å². The van der Waals surface area contributed by atoms with Crippen LogP contribution in [-0.4, -0.2) is 0 Å². The SMILES string of the molecule is CCCCCCCCc1c(CCCCCCCC)c2cc(N(c3ccccc3)c3ccccc3-c3ccc4c(c3)C3CCC4C3)ccc2c2ccc(N(c3ccccc3)c3ccccc3-c3ccc4c(c3)C3CCC4C3)cc12. The lowest BCUT2D eigenvalue weighted by Gasteiger charge is -2.30. The van der Waals surface area contributed by atoms with Gasteiger partial charge in [0.1, 0.15) is 0 Å². The molecule has 394 valence electrons. The van der Waals surface area contributed by atoms with Crippen molar-refractivity contribution >= 4 is 55.7 Å². The second-order valence-electron chi connectivity index (χ2n) is 23.9. The summed E-state index contributed by atoms with van der Waals surface area (Å²) in [6.45, 7) is 4.67. The van der Waals surface area contributed by atoms with Gasteiger partial charge in [0, 0.05) is 33.9 Å². The maximum absolute atomic E-state index is 2.60. The molecule has 78 heavy (non-hydrogen) atoms. The highest BCUT2D eigenvalue weighted by Crippen LogP contribution is 2.56. The molecule has 0 radical (unpaired) electrons. The molecule has 4 atom stereocenters. The predicted molar refractivity (Wildman–Crippen MR) is 335 cm³/mol. The van der Waals surface area contributed by atoms with Crippen molar-refractivity contribution in [3.63, 3.8) is 0 Å². The number of hydrogen-bond donors (Lipinski definition) is 0. The van der Waals surface area contributed by atoms with Crippen LogP contribution in [-0.2, 0) is 12.8 Å². The molecule has 2 saturated carbocycles. The Morgan fingerprint density at radius 1 is 0.321 bits per heavy atom. The van der Waals surface area contributed by atoms with Gasteiger partial charge < -0.3 is 9.80 Å². The number of benzene rings is 9. The first-order valence-electron chi connectivity index (χ1n) is 30.8. The lowest BCUT2D eigenvalue weighted by Crippen LogP contribution is -2.12. The fourth-order valence-corrected chi connectivity index (χ4v) is 15.2. The molecule has 0 heterocycles. The molecule has 4 unspecified atom stereocenters. The second-order valence-corrected chi connectivity index (χ2v) is 23.9. The first-order valence-corrected chi connectivity index (χ1v) is 30.8. The van der Waals surface area contributed by atoms with Crippen LogP contribution in [0.25, 0.3) is 43.8 Å². The van der Waals surface area contributed by atoms with E-state index in [4.69, 9.17) is 0 Å². The van der Waals surface area contributed by atoms with Crippen LogP contribution in [0, 0.1) is 0 Å². The van der Waals surface area contributed by atoms with Crippen molar-refractivity contribution in [3.8, 4) is 22.3 Å². The van der Waals surface area contributed by atoms with Crippen LogP contribution in [0.3, 0.4) is 0 Å². The van der Waals surface area contributed by atoms with Gasteiger partial charge in [-0.1, -0.05) is 199 Å². The first kappa shape index (κ1) is 50.6. The van der Waals surface area contributed by atoms with Gasteiger partial charge in [0.15, 0.2) is 0 Å². The van der Waals surface area contributed by atoms with E-state index in [1.165, 1.54) is 193 Å². The minimum Gasteiger partial charge on any atom is -0.310 e. The summed E-state index contributed by atoms with van der Waals surface area (Å²) in [4.78, 5) is 5.12. The highest BCUT2D eigenvalue weighted by atomic mass is 15.1. The Bertz CT molecular complexity index is 3320. The van der Waals surface area contributed by atoms with Gasteiger partial charge in [-0.2, -0.15) is 0 Å². The lowest BCUT2D eigenvalue weighted by molar-refractivity contribution is 0.600. The van der Waals surface area contributed by atoms with Crippen molar-refractivity contribution in [2.75, 3.05) is 9.80 Å². The van der Waals surface area contributed by atoms with E-state index in [0.717, 1.165) is 24.7 Å². The maximum atomic E-state index is 2.60. The zero-order valence-corrected chi connectivity index (χ0v) is 46.7. The molecule has 0 aromatic heterocycles. The Balaban J connectivity index is 0.979. The zero-order valence-electron chi connectivity index (χ0n) is 46.7. The molecule has 0 aliphatic heterocycles. The molecule has 2 heteroatoms. The van der Waals surface area contributed by atoms with Gasteiger partial charge in [0.05, 0.1) is 11.4 Å². The van der Waals surface area contributed by atoms with E-state index in [1.807, 2.05) is 0 Å². The quantitative estimate of drug-likeness (QED) is 0.0493. The highest BCUT2D eigenvalue weighted by Gasteiger charge is 2.38. The van der Waals surface area contributed by atoms with Gasteiger partial charge in [-0.3, -0.25) is 0 Å². The summed E-state index contributed by atoms with van der Waals surface area (Å²) in [5, 5.41) is 5.57. The Morgan fingerprint density at radius 3 is 1.14 bits per heavy atom. The molecule has 0 amide bonds. The molecule has 9 aromatic carbocycles. The third-order valence-electron chi connectivity index (χ3n) is 19.1. The Labute approximate surface area is 466 Å². The summed E-state index contributed by atoms with van der Waals surface area (Å²) < 4.78 is 0. The van der Waals surface area contributed by atoms with Gasteiger partial charge in [-0.05, 0) is 215 Å². The molecule has 0 N–H and O–H groups in total. The van der Waals surface area contributed by atoms with Crippen LogP contribution in [0.4, 0.5) is 34.1 Å². The van der Waals surface area contributed by atoms with Crippen molar-refractivity contribution in [2.45, 2.75) is 166 Å². The number of aryl methyl sites for hydroxylation is 2. The van der Waals surface area contributed by atoms with Crippen LogP contribution in [0.1, 0.15) is 186 Å². The number of hydrogen-bond acceptors (Lipinski definition) is 2. The fraction of sp³-hybridized carbons (Fsp3) is 0.342. The lowest BCUT2D eigenvalue weighted by atomic mass is 9.85. The molecule has 0 spiro atoms. The van der Waals surface area contributed by atoms with E-state index in [-0.39, 0.29) is 0 Å². The molecule has 0 saturated heterocycles. The predicted octanol–water partition coefficient (Wildman–Crippen LogP) is 22.8.